The molecule has 0 aliphatic carbocycles. The highest BCUT2D eigenvalue weighted by molar-refractivity contribution is 4.97. The van der Waals surface area contributed by atoms with Crippen molar-refractivity contribution in [2.45, 2.75) is 59.5 Å². The van der Waals surface area contributed by atoms with Gasteiger partial charge in [-0.05, 0) is 44.6 Å². The number of rotatable bonds is 7. The van der Waals surface area contributed by atoms with Crippen molar-refractivity contribution >= 4 is 0 Å². The van der Waals surface area contributed by atoms with Crippen LogP contribution in [0.2, 0.25) is 0 Å². The molecule has 0 aromatic carbocycles. The predicted octanol–water partition coefficient (Wildman–Crippen LogP) is 2.89. The first-order valence-electron chi connectivity index (χ1n) is 7.29. The number of hydrogen-bond acceptors (Lipinski definition) is 5. The van der Waals surface area contributed by atoms with Gasteiger partial charge in [-0.2, -0.15) is 4.98 Å². The zero-order chi connectivity index (χ0) is 15.4. The van der Waals surface area contributed by atoms with Crippen LogP contribution in [0.4, 0.5) is 0 Å². The van der Waals surface area contributed by atoms with E-state index >= 15 is 0 Å². The van der Waals surface area contributed by atoms with Crippen LogP contribution in [0.3, 0.4) is 0 Å². The average molecular weight is 283 g/mol. The Labute approximate surface area is 122 Å². The van der Waals surface area contributed by atoms with Crippen molar-refractivity contribution in [3.63, 3.8) is 0 Å². The zero-order valence-electron chi connectivity index (χ0n) is 13.7. The Morgan fingerprint density at radius 2 is 1.85 bits per heavy atom. The van der Waals surface area contributed by atoms with Crippen LogP contribution in [-0.2, 0) is 16.8 Å². The first-order valence-corrected chi connectivity index (χ1v) is 7.29. The van der Waals surface area contributed by atoms with Gasteiger partial charge in [0.05, 0.1) is 0 Å². The minimum atomic E-state index is -0.511. The summed E-state index contributed by atoms with van der Waals surface area (Å²) in [5.74, 6) is 1.83. The van der Waals surface area contributed by atoms with E-state index < -0.39 is 5.60 Å². The summed E-state index contributed by atoms with van der Waals surface area (Å²) in [6.45, 7) is 11.3. The molecular weight excluding hydrogens is 254 g/mol. The van der Waals surface area contributed by atoms with Gasteiger partial charge in [0, 0.05) is 13.5 Å². The lowest BCUT2D eigenvalue weighted by atomic mass is 9.76. The minimum Gasteiger partial charge on any atom is -0.371 e. The molecule has 116 valence electrons. The van der Waals surface area contributed by atoms with Crippen LogP contribution in [0, 0.1) is 11.3 Å². The lowest BCUT2D eigenvalue weighted by Gasteiger charge is -2.30. The van der Waals surface area contributed by atoms with Crippen LogP contribution < -0.4 is 5.73 Å². The molecule has 1 unspecified atom stereocenters. The SMILES string of the molecule is COC(C)(C)c1noc(CCC(CCN)C(C)(C)C)n1. The van der Waals surface area contributed by atoms with Gasteiger partial charge in [0.1, 0.15) is 5.60 Å². The van der Waals surface area contributed by atoms with Crippen molar-refractivity contribution in [3.05, 3.63) is 11.7 Å². The Morgan fingerprint density at radius 3 is 2.35 bits per heavy atom. The van der Waals surface area contributed by atoms with Gasteiger partial charge in [-0.3, -0.25) is 0 Å². The number of aromatic nitrogens is 2. The Kier molecular flexibility index (Phi) is 5.71. The number of methoxy groups -OCH3 is 1. The number of nitrogens with two attached hydrogens (primary N) is 1. The van der Waals surface area contributed by atoms with Crippen LogP contribution in [0.5, 0.6) is 0 Å². The lowest BCUT2D eigenvalue weighted by Crippen LogP contribution is -2.24. The molecule has 0 amide bonds. The minimum absolute atomic E-state index is 0.244. The maximum atomic E-state index is 5.71. The van der Waals surface area contributed by atoms with Crippen LogP contribution in [0.25, 0.3) is 0 Å². The fraction of sp³-hybridized carbons (Fsp3) is 0.867. The summed E-state index contributed by atoms with van der Waals surface area (Å²) in [5.41, 5.74) is 5.44. The fourth-order valence-electron chi connectivity index (χ4n) is 2.20. The summed E-state index contributed by atoms with van der Waals surface area (Å²) < 4.78 is 10.7. The molecule has 5 nitrogen and oxygen atoms in total. The second-order valence-corrected chi connectivity index (χ2v) is 6.91. The highest BCUT2D eigenvalue weighted by atomic mass is 16.5. The third-order valence-electron chi connectivity index (χ3n) is 3.96. The van der Waals surface area contributed by atoms with E-state index in [1.165, 1.54) is 0 Å². The second kappa shape index (κ2) is 6.68. The van der Waals surface area contributed by atoms with Gasteiger partial charge < -0.3 is 15.0 Å². The van der Waals surface area contributed by atoms with E-state index in [1.54, 1.807) is 7.11 Å². The van der Waals surface area contributed by atoms with Crippen LogP contribution >= 0.6 is 0 Å². The Hall–Kier alpha value is -0.940. The highest BCUT2D eigenvalue weighted by Gasteiger charge is 2.27. The first kappa shape index (κ1) is 17.1. The van der Waals surface area contributed by atoms with E-state index in [9.17, 15) is 0 Å². The number of aryl methyl sites for hydroxylation is 1. The van der Waals surface area contributed by atoms with Crippen LogP contribution in [0.15, 0.2) is 4.52 Å². The van der Waals surface area contributed by atoms with Gasteiger partial charge in [0.25, 0.3) is 0 Å². The van der Waals surface area contributed by atoms with Crippen LogP contribution in [0.1, 0.15) is 59.2 Å². The quantitative estimate of drug-likeness (QED) is 0.832. The maximum absolute atomic E-state index is 5.71. The average Bonchev–Trinajstić information content (AvgIpc) is 2.82. The van der Waals surface area contributed by atoms with Gasteiger partial charge in [0.15, 0.2) is 0 Å². The van der Waals surface area contributed by atoms with E-state index in [0.29, 0.717) is 24.2 Å². The fourth-order valence-corrected chi connectivity index (χ4v) is 2.20. The van der Waals surface area contributed by atoms with Crippen molar-refractivity contribution in [2.24, 2.45) is 17.1 Å². The van der Waals surface area contributed by atoms with Crippen molar-refractivity contribution in [1.82, 2.24) is 10.1 Å². The van der Waals surface area contributed by atoms with Crippen molar-refractivity contribution in [2.75, 3.05) is 13.7 Å². The lowest BCUT2D eigenvalue weighted by molar-refractivity contribution is 0.00973. The molecule has 1 atom stereocenters. The Morgan fingerprint density at radius 1 is 1.20 bits per heavy atom. The maximum Gasteiger partial charge on any atom is 0.226 e. The monoisotopic (exact) mass is 283 g/mol. The zero-order valence-corrected chi connectivity index (χ0v) is 13.7. The molecule has 1 aromatic rings. The topological polar surface area (TPSA) is 74.2 Å². The van der Waals surface area contributed by atoms with Crippen molar-refractivity contribution < 1.29 is 9.26 Å². The Balaban J connectivity index is 2.65. The summed E-state index contributed by atoms with van der Waals surface area (Å²) in [6.07, 6.45) is 2.82. The standard InChI is InChI=1S/C15H29N3O2/c1-14(2,3)11(9-10-16)7-8-12-17-13(18-20-12)15(4,5)19-6/h11H,7-10,16H2,1-6H3. The largest absolute Gasteiger partial charge is 0.371 e. The second-order valence-electron chi connectivity index (χ2n) is 6.91. The molecular formula is C15H29N3O2. The molecule has 0 spiro atoms. The summed E-state index contributed by atoms with van der Waals surface area (Å²) in [4.78, 5) is 4.43. The number of ether oxygens (including phenoxy) is 1. The van der Waals surface area contributed by atoms with E-state index in [4.69, 9.17) is 15.0 Å². The van der Waals surface area contributed by atoms with Crippen molar-refractivity contribution in [1.29, 1.82) is 0 Å². The van der Waals surface area contributed by atoms with E-state index in [1.807, 2.05) is 13.8 Å². The molecule has 0 aliphatic rings. The van der Waals surface area contributed by atoms with Gasteiger partial charge >= 0.3 is 0 Å². The third kappa shape index (κ3) is 4.56. The van der Waals surface area contributed by atoms with Gasteiger partial charge in [-0.15, -0.1) is 0 Å². The van der Waals surface area contributed by atoms with E-state index in [-0.39, 0.29) is 5.41 Å². The first-order chi connectivity index (χ1) is 9.20. The molecule has 5 heteroatoms. The molecule has 1 rings (SSSR count). The molecule has 0 bridgehead atoms. The highest BCUT2D eigenvalue weighted by Crippen LogP contribution is 2.32. The summed E-state index contributed by atoms with van der Waals surface area (Å²) in [6, 6.07) is 0. The van der Waals surface area contributed by atoms with E-state index in [2.05, 4.69) is 30.9 Å². The summed E-state index contributed by atoms with van der Waals surface area (Å²) in [7, 11) is 1.65. The molecule has 0 radical (unpaired) electrons. The van der Waals surface area contributed by atoms with Crippen molar-refractivity contribution in [3.8, 4) is 0 Å². The smallest absolute Gasteiger partial charge is 0.226 e. The summed E-state index contributed by atoms with van der Waals surface area (Å²) >= 11 is 0. The van der Waals surface area contributed by atoms with Gasteiger partial charge in [0.2, 0.25) is 11.7 Å². The number of hydrogen-bond donors (Lipinski definition) is 1. The molecule has 0 saturated carbocycles. The molecule has 2 N–H and O–H groups in total. The van der Waals surface area contributed by atoms with Gasteiger partial charge in [-0.25, -0.2) is 0 Å². The molecule has 1 heterocycles. The molecule has 0 fully saturated rings. The Bertz CT molecular complexity index is 407. The van der Waals surface area contributed by atoms with Gasteiger partial charge in [-0.1, -0.05) is 25.9 Å². The third-order valence-corrected chi connectivity index (χ3v) is 3.96. The molecule has 0 aliphatic heterocycles. The number of nitrogens with zero attached hydrogens (tertiary/aromatic N) is 2. The molecule has 1 aromatic heterocycles. The predicted molar refractivity (Wildman–Crippen MR) is 79.3 cm³/mol. The molecule has 0 saturated heterocycles. The normalized spacial score (nSPS) is 14.6. The summed E-state index contributed by atoms with van der Waals surface area (Å²) in [5, 5.41) is 4.01. The van der Waals surface area contributed by atoms with E-state index in [0.717, 1.165) is 19.3 Å². The molecule has 20 heavy (non-hydrogen) atoms. The van der Waals surface area contributed by atoms with Crippen LogP contribution in [-0.4, -0.2) is 23.8 Å².